The molecule has 0 spiro atoms. The topological polar surface area (TPSA) is 0 Å². The smallest absolute Gasteiger partial charge is 0.202 e. The molecule has 0 aliphatic heterocycles. The zero-order chi connectivity index (χ0) is 13.4. The van der Waals surface area contributed by atoms with Gasteiger partial charge >= 0.3 is 4.83 Å². The SMILES string of the molecule is C=CCC.FC(F)=CC(F)(F)CC(F)(F)Br. The minimum absolute atomic E-state index is 0.803. The Morgan fingerprint density at radius 2 is 1.62 bits per heavy atom. The lowest BCUT2D eigenvalue weighted by atomic mass is 10.2. The molecule has 0 saturated heterocycles. The van der Waals surface area contributed by atoms with E-state index >= 15 is 0 Å². The van der Waals surface area contributed by atoms with E-state index in [1.165, 1.54) is 0 Å². The molecule has 16 heavy (non-hydrogen) atoms. The standard InChI is InChI=1S/C5H3BrF6.C4H8/c6-5(11,12)2-4(9,10)1-3(7)8;1-3-4-2/h1H,2H2;3H,1,4H2,2H3. The molecule has 0 aromatic heterocycles. The fourth-order valence-electron chi connectivity index (χ4n) is 0.478. The van der Waals surface area contributed by atoms with Crippen molar-refractivity contribution in [2.24, 2.45) is 0 Å². The molecule has 0 bridgehead atoms. The van der Waals surface area contributed by atoms with E-state index in [2.05, 4.69) is 13.5 Å². The van der Waals surface area contributed by atoms with Gasteiger partial charge in [0.1, 0.15) is 0 Å². The van der Waals surface area contributed by atoms with Crippen molar-refractivity contribution in [2.75, 3.05) is 0 Å². The van der Waals surface area contributed by atoms with Gasteiger partial charge in [0.25, 0.3) is 12.0 Å². The summed E-state index contributed by atoms with van der Waals surface area (Å²) in [4.78, 5) is -3.84. The van der Waals surface area contributed by atoms with Crippen molar-refractivity contribution in [3.8, 4) is 0 Å². The zero-order valence-electron chi connectivity index (χ0n) is 8.42. The van der Waals surface area contributed by atoms with Crippen LogP contribution < -0.4 is 0 Å². The number of hydrogen-bond acceptors (Lipinski definition) is 0. The third kappa shape index (κ3) is 16.0. The van der Waals surface area contributed by atoms with E-state index in [9.17, 15) is 26.3 Å². The van der Waals surface area contributed by atoms with Crippen molar-refractivity contribution >= 4 is 15.9 Å². The fraction of sp³-hybridized carbons (Fsp3) is 0.556. The van der Waals surface area contributed by atoms with Crippen LogP contribution in [0.5, 0.6) is 0 Å². The quantitative estimate of drug-likeness (QED) is 0.372. The van der Waals surface area contributed by atoms with Crippen LogP contribution in [-0.2, 0) is 0 Å². The van der Waals surface area contributed by atoms with E-state index in [1.54, 1.807) is 15.9 Å². The predicted octanol–water partition coefficient (Wildman–Crippen LogP) is 5.36. The number of hydrogen-bond donors (Lipinski definition) is 0. The zero-order valence-corrected chi connectivity index (χ0v) is 10.0. The van der Waals surface area contributed by atoms with Crippen molar-refractivity contribution in [3.63, 3.8) is 0 Å². The Morgan fingerprint density at radius 3 is 1.81 bits per heavy atom. The highest BCUT2D eigenvalue weighted by Crippen LogP contribution is 2.36. The lowest BCUT2D eigenvalue weighted by molar-refractivity contribution is -0.0301. The van der Waals surface area contributed by atoms with E-state index in [4.69, 9.17) is 0 Å². The van der Waals surface area contributed by atoms with Crippen molar-refractivity contribution in [2.45, 2.75) is 30.5 Å². The van der Waals surface area contributed by atoms with Crippen molar-refractivity contribution in [1.29, 1.82) is 0 Å². The Kier molecular flexibility index (Phi) is 8.69. The normalized spacial score (nSPS) is 11.2. The summed E-state index contributed by atoms with van der Waals surface area (Å²) in [5.74, 6) is -4.20. The van der Waals surface area contributed by atoms with E-state index in [0.29, 0.717) is 0 Å². The van der Waals surface area contributed by atoms with E-state index in [-0.39, 0.29) is 0 Å². The van der Waals surface area contributed by atoms with Gasteiger partial charge in [0.2, 0.25) is 0 Å². The first kappa shape index (κ1) is 17.9. The molecular formula is C9H11BrF6. The average molecular weight is 313 g/mol. The van der Waals surface area contributed by atoms with Gasteiger partial charge in [-0.15, -0.1) is 6.58 Å². The van der Waals surface area contributed by atoms with Gasteiger partial charge in [0, 0.05) is 6.08 Å². The molecule has 0 radical (unpaired) electrons. The Labute approximate surface area is 98.1 Å². The summed E-state index contributed by atoms with van der Waals surface area (Å²) in [5.41, 5.74) is 0. The Bertz CT molecular complexity index is 227. The molecular weight excluding hydrogens is 302 g/mol. The molecule has 0 aromatic carbocycles. The van der Waals surface area contributed by atoms with Crippen LogP contribution in [0.1, 0.15) is 19.8 Å². The van der Waals surface area contributed by atoms with Crippen LogP contribution in [-0.4, -0.2) is 10.8 Å². The van der Waals surface area contributed by atoms with Crippen molar-refractivity contribution in [3.05, 3.63) is 24.8 Å². The van der Waals surface area contributed by atoms with Crippen LogP contribution in [0, 0.1) is 0 Å². The second-order valence-corrected chi connectivity index (χ2v) is 3.84. The molecule has 0 rings (SSSR count). The minimum atomic E-state index is -4.20. The summed E-state index contributed by atoms with van der Waals surface area (Å²) in [6.07, 6.45) is -2.52. The van der Waals surface area contributed by atoms with Crippen LogP contribution in [0.15, 0.2) is 24.8 Å². The lowest BCUT2D eigenvalue weighted by Crippen LogP contribution is -2.22. The van der Waals surface area contributed by atoms with Crippen LogP contribution in [0.2, 0.25) is 0 Å². The molecule has 0 heterocycles. The summed E-state index contributed by atoms with van der Waals surface area (Å²) < 4.78 is 70.3. The second-order valence-electron chi connectivity index (χ2n) is 2.68. The van der Waals surface area contributed by atoms with Crippen LogP contribution in [0.25, 0.3) is 0 Å². The second kappa shape index (κ2) is 7.76. The maximum atomic E-state index is 12.1. The minimum Gasteiger partial charge on any atom is -0.202 e. The summed E-state index contributed by atoms with van der Waals surface area (Å²) in [6, 6.07) is 0. The average Bonchev–Trinajstić information content (AvgIpc) is 1.97. The van der Waals surface area contributed by atoms with Crippen molar-refractivity contribution in [1.82, 2.24) is 0 Å². The molecule has 0 N–H and O–H groups in total. The maximum absolute atomic E-state index is 12.1. The van der Waals surface area contributed by atoms with Crippen LogP contribution in [0.4, 0.5) is 26.3 Å². The highest BCUT2D eigenvalue weighted by Gasteiger charge is 2.40. The monoisotopic (exact) mass is 312 g/mol. The summed E-state index contributed by atoms with van der Waals surface area (Å²) in [5, 5.41) is 0. The number of allylic oxidation sites excluding steroid dienone is 2. The molecule has 0 fully saturated rings. The van der Waals surface area contributed by atoms with Gasteiger partial charge in [-0.1, -0.05) is 13.0 Å². The molecule has 7 heteroatoms. The summed E-state index contributed by atoms with van der Waals surface area (Å²) >= 11 is 1.62. The largest absolute Gasteiger partial charge is 0.307 e. The van der Waals surface area contributed by atoms with Gasteiger partial charge in [-0.05, 0) is 22.4 Å². The Hall–Kier alpha value is -0.460. The van der Waals surface area contributed by atoms with E-state index in [1.807, 2.05) is 6.08 Å². The Morgan fingerprint density at radius 1 is 1.25 bits per heavy atom. The van der Waals surface area contributed by atoms with Crippen LogP contribution >= 0.6 is 15.9 Å². The lowest BCUT2D eigenvalue weighted by Gasteiger charge is -2.14. The first-order chi connectivity index (χ1) is 7.04. The van der Waals surface area contributed by atoms with Gasteiger partial charge in [-0.3, -0.25) is 0 Å². The molecule has 0 aromatic rings. The number of alkyl halides is 5. The van der Waals surface area contributed by atoms with E-state index < -0.39 is 29.3 Å². The molecule has 0 aliphatic rings. The third-order valence-electron chi connectivity index (χ3n) is 1.05. The first-order valence-corrected chi connectivity index (χ1v) is 4.92. The fourth-order valence-corrected chi connectivity index (χ4v) is 0.852. The number of rotatable bonds is 4. The van der Waals surface area contributed by atoms with Gasteiger partial charge in [0.15, 0.2) is 0 Å². The highest BCUT2D eigenvalue weighted by atomic mass is 79.9. The summed E-state index contributed by atoms with van der Waals surface area (Å²) in [6.45, 7) is 5.54. The summed E-state index contributed by atoms with van der Waals surface area (Å²) in [7, 11) is 0. The van der Waals surface area contributed by atoms with Crippen LogP contribution in [0.3, 0.4) is 0 Å². The highest BCUT2D eigenvalue weighted by molar-refractivity contribution is 9.10. The molecule has 0 amide bonds. The maximum Gasteiger partial charge on any atom is 0.307 e. The predicted molar refractivity (Wildman–Crippen MR) is 54.2 cm³/mol. The molecule has 0 unspecified atom stereocenters. The van der Waals surface area contributed by atoms with E-state index in [0.717, 1.165) is 6.42 Å². The van der Waals surface area contributed by atoms with Gasteiger partial charge in [-0.2, -0.15) is 17.6 Å². The third-order valence-corrected chi connectivity index (χ3v) is 1.33. The molecule has 0 aliphatic carbocycles. The Balaban J connectivity index is 0. The molecule has 0 saturated carbocycles. The van der Waals surface area contributed by atoms with Gasteiger partial charge < -0.3 is 0 Å². The first-order valence-electron chi connectivity index (χ1n) is 4.13. The van der Waals surface area contributed by atoms with Crippen molar-refractivity contribution < 1.29 is 26.3 Å². The molecule has 0 atom stereocenters. The van der Waals surface area contributed by atoms with Gasteiger partial charge in [0.05, 0.1) is 6.42 Å². The number of halogens is 7. The van der Waals surface area contributed by atoms with Gasteiger partial charge in [-0.25, -0.2) is 8.78 Å². The molecule has 0 nitrogen and oxygen atoms in total. The molecule has 96 valence electrons.